The number of hydrogen-bond acceptors (Lipinski definition) is 4. The van der Waals surface area contributed by atoms with Crippen molar-refractivity contribution in [2.24, 2.45) is 0 Å². The van der Waals surface area contributed by atoms with E-state index in [1.54, 1.807) is 6.07 Å². The van der Waals surface area contributed by atoms with Crippen molar-refractivity contribution in [3.05, 3.63) is 33.8 Å². The zero-order chi connectivity index (χ0) is 15.9. The molecule has 1 aliphatic rings. The lowest BCUT2D eigenvalue weighted by Gasteiger charge is -2.33. The van der Waals surface area contributed by atoms with Gasteiger partial charge < -0.3 is 9.47 Å². The highest BCUT2D eigenvalue weighted by molar-refractivity contribution is 6.42. The molecule has 1 aliphatic heterocycles. The Labute approximate surface area is 141 Å². The van der Waals surface area contributed by atoms with E-state index in [0.29, 0.717) is 29.7 Å². The zero-order valence-electron chi connectivity index (χ0n) is 12.7. The average molecular weight is 346 g/mol. The van der Waals surface area contributed by atoms with E-state index in [9.17, 15) is 4.79 Å². The van der Waals surface area contributed by atoms with E-state index in [4.69, 9.17) is 32.7 Å². The smallest absolute Gasteiger partial charge is 0.305 e. The maximum atomic E-state index is 11.3. The van der Waals surface area contributed by atoms with E-state index in [0.717, 1.165) is 31.6 Å². The Morgan fingerprint density at radius 3 is 2.95 bits per heavy atom. The second-order valence-electron chi connectivity index (χ2n) is 5.24. The number of hydrogen-bond donors (Lipinski definition) is 0. The normalized spacial score (nSPS) is 19.1. The van der Waals surface area contributed by atoms with Crippen LogP contribution in [0.1, 0.15) is 31.4 Å². The van der Waals surface area contributed by atoms with Gasteiger partial charge in [0.25, 0.3) is 0 Å². The largest absolute Gasteiger partial charge is 0.466 e. The molecule has 1 aromatic rings. The van der Waals surface area contributed by atoms with E-state index in [2.05, 4.69) is 4.90 Å². The number of rotatable bonds is 6. The van der Waals surface area contributed by atoms with Gasteiger partial charge in [0.1, 0.15) is 0 Å². The molecule has 0 amide bonds. The summed E-state index contributed by atoms with van der Waals surface area (Å²) in [5.74, 6) is -0.128. The van der Waals surface area contributed by atoms with Crippen LogP contribution in [0, 0.1) is 0 Å². The number of esters is 1. The van der Waals surface area contributed by atoms with E-state index >= 15 is 0 Å². The fourth-order valence-electron chi connectivity index (χ4n) is 2.50. The topological polar surface area (TPSA) is 38.8 Å². The summed E-state index contributed by atoms with van der Waals surface area (Å²) in [5, 5.41) is 1.09. The summed E-state index contributed by atoms with van der Waals surface area (Å²) < 4.78 is 10.8. The molecule has 22 heavy (non-hydrogen) atoms. The number of halogens is 2. The minimum absolute atomic E-state index is 0.00823. The fraction of sp³-hybridized carbons (Fsp3) is 0.562. The van der Waals surface area contributed by atoms with Crippen molar-refractivity contribution >= 4 is 29.2 Å². The van der Waals surface area contributed by atoms with Gasteiger partial charge in [-0.3, -0.25) is 9.69 Å². The van der Waals surface area contributed by atoms with Gasteiger partial charge in [-0.25, -0.2) is 0 Å². The van der Waals surface area contributed by atoms with Crippen molar-refractivity contribution in [1.82, 2.24) is 4.90 Å². The van der Waals surface area contributed by atoms with Crippen LogP contribution in [-0.2, 0) is 14.3 Å². The van der Waals surface area contributed by atoms with Gasteiger partial charge in [0.05, 0.1) is 29.4 Å². The molecular weight excluding hydrogens is 325 g/mol. The second kappa shape index (κ2) is 8.73. The van der Waals surface area contributed by atoms with Gasteiger partial charge in [0, 0.05) is 19.5 Å². The summed E-state index contributed by atoms with van der Waals surface area (Å²) in [6, 6.07) is 5.60. The monoisotopic (exact) mass is 345 g/mol. The number of morpholine rings is 1. The molecule has 1 atom stereocenters. The number of ether oxygens (including phenoxy) is 2. The zero-order valence-corrected chi connectivity index (χ0v) is 14.2. The lowest BCUT2D eigenvalue weighted by molar-refractivity contribution is -0.143. The standard InChI is InChI=1S/C16H21Cl2NO3/c1-2-21-16(20)4-3-7-19-8-9-22-15(11-19)12-5-6-13(17)14(18)10-12/h5-6,10,15H,2-4,7-9,11H2,1H3. The first-order chi connectivity index (χ1) is 10.6. The van der Waals surface area contributed by atoms with E-state index in [-0.39, 0.29) is 12.1 Å². The molecular formula is C16H21Cl2NO3. The van der Waals surface area contributed by atoms with Crippen molar-refractivity contribution in [3.63, 3.8) is 0 Å². The van der Waals surface area contributed by atoms with Gasteiger partial charge in [-0.15, -0.1) is 0 Å². The third-order valence-corrected chi connectivity index (χ3v) is 4.37. The molecule has 122 valence electrons. The van der Waals surface area contributed by atoms with Crippen LogP contribution >= 0.6 is 23.2 Å². The lowest BCUT2D eigenvalue weighted by Crippen LogP contribution is -2.39. The Hall–Kier alpha value is -0.810. The van der Waals surface area contributed by atoms with Crippen LogP contribution in [0.4, 0.5) is 0 Å². The molecule has 1 saturated heterocycles. The number of nitrogens with zero attached hydrogens (tertiary/aromatic N) is 1. The Bertz CT molecular complexity index is 510. The van der Waals surface area contributed by atoms with Crippen LogP contribution in [-0.4, -0.2) is 43.7 Å². The Balaban J connectivity index is 1.83. The van der Waals surface area contributed by atoms with Crippen LogP contribution in [0.2, 0.25) is 10.0 Å². The van der Waals surface area contributed by atoms with E-state index < -0.39 is 0 Å². The fourth-order valence-corrected chi connectivity index (χ4v) is 2.81. The van der Waals surface area contributed by atoms with Crippen LogP contribution < -0.4 is 0 Å². The predicted octanol–water partition coefficient (Wildman–Crippen LogP) is 3.71. The van der Waals surface area contributed by atoms with Crippen molar-refractivity contribution in [3.8, 4) is 0 Å². The maximum Gasteiger partial charge on any atom is 0.305 e. The molecule has 1 heterocycles. The lowest BCUT2D eigenvalue weighted by atomic mass is 10.1. The highest BCUT2D eigenvalue weighted by Gasteiger charge is 2.22. The molecule has 0 aliphatic carbocycles. The minimum Gasteiger partial charge on any atom is -0.466 e. The molecule has 1 unspecified atom stereocenters. The molecule has 1 aromatic carbocycles. The quantitative estimate of drug-likeness (QED) is 0.736. The first-order valence-corrected chi connectivity index (χ1v) is 8.30. The third kappa shape index (κ3) is 5.13. The number of benzene rings is 1. The van der Waals surface area contributed by atoms with Crippen molar-refractivity contribution in [2.45, 2.75) is 25.9 Å². The Morgan fingerprint density at radius 1 is 1.41 bits per heavy atom. The average Bonchev–Trinajstić information content (AvgIpc) is 2.51. The first kappa shape index (κ1) is 17.5. The maximum absolute atomic E-state index is 11.3. The van der Waals surface area contributed by atoms with Crippen LogP contribution in [0.3, 0.4) is 0 Å². The summed E-state index contributed by atoms with van der Waals surface area (Å²) in [5.41, 5.74) is 1.03. The number of carbonyl (C=O) groups excluding carboxylic acids is 1. The highest BCUT2D eigenvalue weighted by atomic mass is 35.5. The predicted molar refractivity (Wildman–Crippen MR) is 87.5 cm³/mol. The van der Waals surface area contributed by atoms with Crippen LogP contribution in [0.5, 0.6) is 0 Å². The molecule has 0 saturated carbocycles. The van der Waals surface area contributed by atoms with Crippen molar-refractivity contribution < 1.29 is 14.3 Å². The molecule has 0 radical (unpaired) electrons. The molecule has 0 aromatic heterocycles. The van der Waals surface area contributed by atoms with Crippen LogP contribution in [0.25, 0.3) is 0 Å². The van der Waals surface area contributed by atoms with Crippen LogP contribution in [0.15, 0.2) is 18.2 Å². The summed E-state index contributed by atoms with van der Waals surface area (Å²) in [7, 11) is 0. The van der Waals surface area contributed by atoms with E-state index in [1.807, 2.05) is 19.1 Å². The molecule has 6 heteroatoms. The summed E-state index contributed by atoms with van der Waals surface area (Å²) >= 11 is 12.0. The van der Waals surface area contributed by atoms with Gasteiger partial charge in [0.15, 0.2) is 0 Å². The molecule has 1 fully saturated rings. The van der Waals surface area contributed by atoms with Gasteiger partial charge in [-0.2, -0.15) is 0 Å². The van der Waals surface area contributed by atoms with Gasteiger partial charge in [-0.05, 0) is 37.6 Å². The summed E-state index contributed by atoms with van der Waals surface area (Å²) in [6.07, 6.45) is 1.25. The van der Waals surface area contributed by atoms with Crippen molar-refractivity contribution in [1.29, 1.82) is 0 Å². The van der Waals surface area contributed by atoms with Crippen molar-refractivity contribution in [2.75, 3.05) is 32.8 Å². The van der Waals surface area contributed by atoms with Gasteiger partial charge in [0.2, 0.25) is 0 Å². The number of carbonyl (C=O) groups is 1. The Morgan fingerprint density at radius 2 is 2.23 bits per heavy atom. The Kier molecular flexibility index (Phi) is 6.96. The molecule has 4 nitrogen and oxygen atoms in total. The van der Waals surface area contributed by atoms with E-state index in [1.165, 1.54) is 0 Å². The molecule has 2 rings (SSSR count). The summed E-state index contributed by atoms with van der Waals surface area (Å²) in [4.78, 5) is 13.6. The van der Waals surface area contributed by atoms with Gasteiger partial charge in [-0.1, -0.05) is 29.3 Å². The molecule has 0 N–H and O–H groups in total. The minimum atomic E-state index is -0.128. The third-order valence-electron chi connectivity index (χ3n) is 3.63. The van der Waals surface area contributed by atoms with Gasteiger partial charge >= 0.3 is 5.97 Å². The highest BCUT2D eigenvalue weighted by Crippen LogP contribution is 2.29. The second-order valence-corrected chi connectivity index (χ2v) is 6.06. The molecule has 0 spiro atoms. The SMILES string of the molecule is CCOC(=O)CCCN1CCOC(c2ccc(Cl)c(Cl)c2)C1. The first-order valence-electron chi connectivity index (χ1n) is 7.54. The molecule has 0 bridgehead atoms. The summed E-state index contributed by atoms with van der Waals surface area (Å²) in [6.45, 7) is 5.46.